The minimum Gasteiger partial charge on any atom is -0.308 e. The molecule has 50 heavy (non-hydrogen) atoms. The van der Waals surface area contributed by atoms with Gasteiger partial charge in [0.1, 0.15) is 0 Å². The minimum atomic E-state index is 0.588. The Bertz CT molecular complexity index is 3030. The Kier molecular flexibility index (Phi) is 5.60. The number of fused-ring (bicyclic) bond motifs is 9. The highest BCUT2D eigenvalue weighted by molar-refractivity contribution is 6.24. The lowest BCUT2D eigenvalue weighted by molar-refractivity contribution is 0.954. The lowest BCUT2D eigenvalue weighted by atomic mass is 9.99. The van der Waals surface area contributed by atoms with Crippen LogP contribution in [0.5, 0.6) is 0 Å². The highest BCUT2D eigenvalue weighted by atomic mass is 15.2. The summed E-state index contributed by atoms with van der Waals surface area (Å²) >= 11 is 0. The van der Waals surface area contributed by atoms with Gasteiger partial charge < -0.3 is 4.40 Å². The van der Waals surface area contributed by atoms with Crippen molar-refractivity contribution in [1.29, 1.82) is 0 Å². The molecule has 5 heteroatoms. The Morgan fingerprint density at radius 1 is 0.340 bits per heavy atom. The van der Waals surface area contributed by atoms with E-state index in [9.17, 15) is 0 Å². The summed E-state index contributed by atoms with van der Waals surface area (Å²) in [5.74, 6) is 1.86. The maximum absolute atomic E-state index is 5.18. The number of rotatable bonds is 4. The van der Waals surface area contributed by atoms with Crippen molar-refractivity contribution in [3.05, 3.63) is 164 Å². The Balaban J connectivity index is 1.22. The fourth-order valence-corrected chi connectivity index (χ4v) is 7.96. The molecule has 0 spiro atoms. The van der Waals surface area contributed by atoms with E-state index in [4.69, 9.17) is 15.0 Å². The molecule has 0 radical (unpaired) electrons. The van der Waals surface area contributed by atoms with Gasteiger partial charge in [0.25, 0.3) is 0 Å². The highest BCUT2D eigenvalue weighted by Crippen LogP contribution is 2.42. The molecule has 232 valence electrons. The van der Waals surface area contributed by atoms with E-state index in [1.807, 2.05) is 36.4 Å². The summed E-state index contributed by atoms with van der Waals surface area (Å²) in [5, 5.41) is 7.39. The molecule has 0 aliphatic heterocycles. The van der Waals surface area contributed by atoms with Crippen molar-refractivity contribution in [3.63, 3.8) is 0 Å². The molecule has 4 aromatic heterocycles. The lowest BCUT2D eigenvalue weighted by Gasteiger charge is -2.13. The van der Waals surface area contributed by atoms with Crippen molar-refractivity contribution in [3.8, 4) is 39.9 Å². The maximum Gasteiger partial charge on any atom is 0.238 e. The summed E-state index contributed by atoms with van der Waals surface area (Å²) in [7, 11) is 0. The van der Waals surface area contributed by atoms with Gasteiger partial charge in [0.15, 0.2) is 11.6 Å². The average molecular weight is 638 g/mol. The first-order valence-electron chi connectivity index (χ1n) is 16.9. The molecule has 0 atom stereocenters. The largest absolute Gasteiger partial charge is 0.308 e. The number of hydrogen-bond donors (Lipinski definition) is 0. The monoisotopic (exact) mass is 637 g/mol. The van der Waals surface area contributed by atoms with Crippen molar-refractivity contribution in [1.82, 2.24) is 23.9 Å². The molecule has 0 aliphatic carbocycles. The molecule has 7 aromatic carbocycles. The summed E-state index contributed by atoms with van der Waals surface area (Å²) in [6.45, 7) is 0. The minimum absolute atomic E-state index is 0.588. The normalized spacial score (nSPS) is 12.0. The van der Waals surface area contributed by atoms with Gasteiger partial charge in [0.2, 0.25) is 5.95 Å². The standard InChI is InChI=1S/C45H27N5/c1-3-13-28(14-4-1)43-46-44(29-15-5-2-6-16-29)48-45(47-43)50-39-24-10-8-18-33(39)34-20-11-19-31(41(34)50)30-25-26-40-37(27-30)36-22-12-21-35-32-17-7-9-23-38(32)49(40)42(35)36/h1-27H. The molecular formula is C45H27N5. The van der Waals surface area contributed by atoms with E-state index in [0.29, 0.717) is 17.6 Å². The second-order valence-corrected chi connectivity index (χ2v) is 12.9. The zero-order valence-corrected chi connectivity index (χ0v) is 26.8. The third-order valence-corrected chi connectivity index (χ3v) is 10.1. The van der Waals surface area contributed by atoms with Crippen LogP contribution in [0.25, 0.3) is 99.8 Å². The number of aromatic nitrogens is 5. The second-order valence-electron chi connectivity index (χ2n) is 12.9. The molecule has 0 fully saturated rings. The summed E-state index contributed by atoms with van der Waals surface area (Å²) in [5.41, 5.74) is 10.0. The summed E-state index contributed by atoms with van der Waals surface area (Å²) < 4.78 is 4.66. The van der Waals surface area contributed by atoms with Gasteiger partial charge in [-0.3, -0.25) is 4.57 Å². The van der Waals surface area contributed by atoms with Crippen LogP contribution in [-0.2, 0) is 0 Å². The topological polar surface area (TPSA) is 48.0 Å². The summed E-state index contributed by atoms with van der Waals surface area (Å²) in [6.07, 6.45) is 0. The Labute approximate surface area is 286 Å². The first kappa shape index (κ1) is 27.1. The number of hydrogen-bond acceptors (Lipinski definition) is 3. The van der Waals surface area contributed by atoms with Gasteiger partial charge in [-0.05, 0) is 29.8 Å². The Morgan fingerprint density at radius 2 is 0.860 bits per heavy atom. The Hall–Kier alpha value is -6.85. The van der Waals surface area contributed by atoms with Crippen LogP contribution in [0.1, 0.15) is 0 Å². The number of benzene rings is 7. The zero-order chi connectivity index (χ0) is 32.8. The van der Waals surface area contributed by atoms with Crippen LogP contribution in [0.3, 0.4) is 0 Å². The summed E-state index contributed by atoms with van der Waals surface area (Å²) in [4.78, 5) is 15.3. The van der Waals surface area contributed by atoms with Gasteiger partial charge in [-0.25, -0.2) is 4.98 Å². The second kappa shape index (κ2) is 10.3. The highest BCUT2D eigenvalue weighted by Gasteiger charge is 2.22. The third kappa shape index (κ3) is 3.80. The predicted molar refractivity (Wildman–Crippen MR) is 205 cm³/mol. The molecule has 0 amide bonds. The maximum atomic E-state index is 5.18. The predicted octanol–water partition coefficient (Wildman–Crippen LogP) is 11.1. The van der Waals surface area contributed by atoms with Crippen molar-refractivity contribution in [2.24, 2.45) is 0 Å². The van der Waals surface area contributed by atoms with E-state index < -0.39 is 0 Å². The molecule has 5 nitrogen and oxygen atoms in total. The van der Waals surface area contributed by atoms with E-state index in [1.165, 1.54) is 38.1 Å². The fourth-order valence-electron chi connectivity index (χ4n) is 7.96. The van der Waals surface area contributed by atoms with E-state index in [1.54, 1.807) is 0 Å². The van der Waals surface area contributed by atoms with E-state index >= 15 is 0 Å². The van der Waals surface area contributed by atoms with Crippen LogP contribution >= 0.6 is 0 Å². The van der Waals surface area contributed by atoms with Crippen LogP contribution in [0.4, 0.5) is 0 Å². The van der Waals surface area contributed by atoms with Crippen molar-refractivity contribution in [2.45, 2.75) is 0 Å². The first-order chi connectivity index (χ1) is 24.8. The molecule has 0 N–H and O–H groups in total. The number of para-hydroxylation sites is 4. The molecule has 0 bridgehead atoms. The van der Waals surface area contributed by atoms with Crippen molar-refractivity contribution in [2.75, 3.05) is 0 Å². The third-order valence-electron chi connectivity index (χ3n) is 10.1. The van der Waals surface area contributed by atoms with Gasteiger partial charge in [-0.1, -0.05) is 140 Å². The van der Waals surface area contributed by atoms with Gasteiger partial charge >= 0.3 is 0 Å². The van der Waals surface area contributed by atoms with Crippen LogP contribution in [0, 0.1) is 0 Å². The lowest BCUT2D eigenvalue weighted by Crippen LogP contribution is -2.06. The zero-order valence-electron chi connectivity index (χ0n) is 26.8. The Morgan fingerprint density at radius 3 is 1.56 bits per heavy atom. The molecule has 0 aliphatic rings. The van der Waals surface area contributed by atoms with Gasteiger partial charge in [0.05, 0.1) is 27.6 Å². The molecule has 0 unspecified atom stereocenters. The molecule has 11 aromatic rings. The quantitative estimate of drug-likeness (QED) is 0.193. The first-order valence-corrected chi connectivity index (χ1v) is 16.9. The van der Waals surface area contributed by atoms with Crippen LogP contribution in [0.2, 0.25) is 0 Å². The molecule has 0 saturated carbocycles. The summed E-state index contributed by atoms with van der Waals surface area (Å²) in [6, 6.07) is 57.8. The smallest absolute Gasteiger partial charge is 0.238 e. The van der Waals surface area contributed by atoms with E-state index in [0.717, 1.165) is 44.1 Å². The van der Waals surface area contributed by atoms with Crippen LogP contribution in [-0.4, -0.2) is 23.9 Å². The van der Waals surface area contributed by atoms with Gasteiger partial charge in [-0.2, -0.15) is 9.97 Å². The molecule has 11 rings (SSSR count). The van der Waals surface area contributed by atoms with Crippen molar-refractivity contribution >= 4 is 59.9 Å². The van der Waals surface area contributed by atoms with Gasteiger partial charge in [0, 0.05) is 49.0 Å². The number of nitrogens with zero attached hydrogens (tertiary/aromatic N) is 5. The van der Waals surface area contributed by atoms with Crippen LogP contribution in [0.15, 0.2) is 164 Å². The average Bonchev–Trinajstić information content (AvgIpc) is 3.83. The molecule has 0 saturated heterocycles. The van der Waals surface area contributed by atoms with Crippen LogP contribution < -0.4 is 0 Å². The SMILES string of the molecule is c1ccc(-c2nc(-c3ccccc3)nc(-n3c4ccccc4c4cccc(-c5ccc6c(c5)c5cccc7c8ccccc8n6c75)c43)n2)cc1. The van der Waals surface area contributed by atoms with Crippen molar-refractivity contribution < 1.29 is 0 Å². The van der Waals surface area contributed by atoms with E-state index in [-0.39, 0.29) is 0 Å². The van der Waals surface area contributed by atoms with E-state index in [2.05, 4.69) is 136 Å². The van der Waals surface area contributed by atoms with Gasteiger partial charge in [-0.15, -0.1) is 0 Å². The molecule has 4 heterocycles. The molecular weight excluding hydrogens is 611 g/mol. The fraction of sp³-hybridized carbons (Fsp3) is 0.